The zero-order valence-corrected chi connectivity index (χ0v) is 11.4. The molecule has 1 saturated heterocycles. The summed E-state index contributed by atoms with van der Waals surface area (Å²) in [5.41, 5.74) is 5.12. The van der Waals surface area contributed by atoms with Gasteiger partial charge in [-0.2, -0.15) is 11.8 Å². The molecule has 7 heteroatoms. The highest BCUT2D eigenvalue weighted by Crippen LogP contribution is 2.26. The Labute approximate surface area is 110 Å². The van der Waals surface area contributed by atoms with E-state index in [4.69, 9.17) is 5.73 Å². The second-order valence-electron chi connectivity index (χ2n) is 4.14. The minimum Gasteiger partial charge on any atom is -0.395 e. The lowest BCUT2D eigenvalue weighted by Gasteiger charge is -2.12. The van der Waals surface area contributed by atoms with E-state index in [1.54, 1.807) is 11.8 Å². The molecular formula is C11H15FN2O2S2. The van der Waals surface area contributed by atoms with Crippen molar-refractivity contribution in [3.63, 3.8) is 0 Å². The monoisotopic (exact) mass is 290 g/mol. The Kier molecular flexibility index (Phi) is 4.14. The SMILES string of the molecule is Nc1c(F)cccc1S(=O)(=O)NCC1CCCS1. The summed E-state index contributed by atoms with van der Waals surface area (Å²) in [4.78, 5) is -0.189. The lowest BCUT2D eigenvalue weighted by molar-refractivity contribution is 0.576. The predicted octanol–water partition coefficient (Wildman–Crippen LogP) is 1.58. The van der Waals surface area contributed by atoms with Crippen LogP contribution in [0.25, 0.3) is 0 Å². The zero-order chi connectivity index (χ0) is 13.2. The molecule has 1 unspecified atom stereocenters. The zero-order valence-electron chi connectivity index (χ0n) is 9.73. The highest BCUT2D eigenvalue weighted by molar-refractivity contribution is 8.00. The molecule has 1 atom stereocenters. The van der Waals surface area contributed by atoms with Crippen LogP contribution in [0.4, 0.5) is 10.1 Å². The molecule has 0 amide bonds. The molecule has 2 rings (SSSR count). The van der Waals surface area contributed by atoms with Crippen LogP contribution in [-0.2, 0) is 10.0 Å². The van der Waals surface area contributed by atoms with Gasteiger partial charge < -0.3 is 5.73 Å². The van der Waals surface area contributed by atoms with Crippen LogP contribution in [0.1, 0.15) is 12.8 Å². The molecule has 0 radical (unpaired) electrons. The number of nitrogen functional groups attached to an aromatic ring is 1. The first-order valence-corrected chi connectivity index (χ1v) is 8.19. The third-order valence-corrected chi connectivity index (χ3v) is 5.71. The molecule has 0 bridgehead atoms. The summed E-state index contributed by atoms with van der Waals surface area (Å²) < 4.78 is 39.7. The second kappa shape index (κ2) is 5.46. The van der Waals surface area contributed by atoms with Gasteiger partial charge in [0.1, 0.15) is 10.7 Å². The Hall–Kier alpha value is -0.790. The lowest BCUT2D eigenvalue weighted by atomic mass is 10.2. The van der Waals surface area contributed by atoms with Gasteiger partial charge in [0.2, 0.25) is 10.0 Å². The fraction of sp³-hybridized carbons (Fsp3) is 0.455. The van der Waals surface area contributed by atoms with Crippen molar-refractivity contribution in [2.45, 2.75) is 23.0 Å². The van der Waals surface area contributed by atoms with Crippen LogP contribution >= 0.6 is 11.8 Å². The van der Waals surface area contributed by atoms with E-state index in [2.05, 4.69) is 4.72 Å². The summed E-state index contributed by atoms with van der Waals surface area (Å²) in [5.74, 6) is 0.349. The summed E-state index contributed by atoms with van der Waals surface area (Å²) in [6.07, 6.45) is 2.12. The predicted molar refractivity (Wildman–Crippen MR) is 71.5 cm³/mol. The number of halogens is 1. The van der Waals surface area contributed by atoms with Gasteiger partial charge in [-0.1, -0.05) is 6.07 Å². The van der Waals surface area contributed by atoms with Crippen molar-refractivity contribution in [1.82, 2.24) is 4.72 Å². The number of hydrogen-bond acceptors (Lipinski definition) is 4. The van der Waals surface area contributed by atoms with Gasteiger partial charge in [-0.3, -0.25) is 0 Å². The maximum Gasteiger partial charge on any atom is 0.242 e. The molecule has 1 fully saturated rings. The quantitative estimate of drug-likeness (QED) is 0.826. The molecule has 1 aliphatic rings. The van der Waals surface area contributed by atoms with E-state index in [0.717, 1.165) is 24.7 Å². The smallest absolute Gasteiger partial charge is 0.242 e. The van der Waals surface area contributed by atoms with Crippen molar-refractivity contribution in [2.24, 2.45) is 0 Å². The van der Waals surface area contributed by atoms with Crippen LogP contribution in [0.5, 0.6) is 0 Å². The lowest BCUT2D eigenvalue weighted by Crippen LogP contribution is -2.30. The van der Waals surface area contributed by atoms with Crippen LogP contribution in [0.3, 0.4) is 0 Å². The molecule has 1 aromatic carbocycles. The standard InChI is InChI=1S/C11H15FN2O2S2/c12-9-4-1-5-10(11(9)13)18(15,16)14-7-8-3-2-6-17-8/h1,4-5,8,14H,2-3,6-7,13H2. The normalized spacial score (nSPS) is 20.2. The molecule has 0 aromatic heterocycles. The number of benzene rings is 1. The Balaban J connectivity index is 2.12. The minimum absolute atomic E-state index is 0.189. The second-order valence-corrected chi connectivity index (χ2v) is 7.28. The molecule has 3 N–H and O–H groups in total. The maximum atomic E-state index is 13.2. The van der Waals surface area contributed by atoms with E-state index < -0.39 is 15.8 Å². The average molecular weight is 290 g/mol. The number of anilines is 1. The number of rotatable bonds is 4. The van der Waals surface area contributed by atoms with Gasteiger partial charge in [-0.15, -0.1) is 0 Å². The van der Waals surface area contributed by atoms with Crippen LogP contribution in [0.15, 0.2) is 23.1 Å². The van der Waals surface area contributed by atoms with E-state index in [9.17, 15) is 12.8 Å². The van der Waals surface area contributed by atoms with Gasteiger partial charge in [0.25, 0.3) is 0 Å². The first-order chi connectivity index (χ1) is 8.50. The van der Waals surface area contributed by atoms with Crippen LogP contribution in [0, 0.1) is 5.82 Å². The first kappa shape index (κ1) is 13.6. The van der Waals surface area contributed by atoms with Gasteiger partial charge in [0, 0.05) is 11.8 Å². The molecular weight excluding hydrogens is 275 g/mol. The fourth-order valence-corrected chi connectivity index (χ4v) is 4.36. The molecule has 1 heterocycles. The van der Waals surface area contributed by atoms with E-state index in [0.29, 0.717) is 11.8 Å². The van der Waals surface area contributed by atoms with E-state index in [1.807, 2.05) is 0 Å². The van der Waals surface area contributed by atoms with Crippen molar-refractivity contribution in [3.8, 4) is 0 Å². The average Bonchev–Trinajstić information content (AvgIpc) is 2.83. The minimum atomic E-state index is -3.73. The molecule has 18 heavy (non-hydrogen) atoms. The van der Waals surface area contributed by atoms with Crippen molar-refractivity contribution in [1.29, 1.82) is 0 Å². The third-order valence-electron chi connectivity index (χ3n) is 2.83. The number of hydrogen-bond donors (Lipinski definition) is 2. The van der Waals surface area contributed by atoms with E-state index in [-0.39, 0.29) is 10.6 Å². The Morgan fingerprint density at radius 1 is 1.50 bits per heavy atom. The molecule has 0 spiro atoms. The molecule has 4 nitrogen and oxygen atoms in total. The molecule has 100 valence electrons. The number of sulfonamides is 1. The van der Waals surface area contributed by atoms with Crippen LogP contribution in [-0.4, -0.2) is 26.0 Å². The third kappa shape index (κ3) is 2.96. The van der Waals surface area contributed by atoms with Gasteiger partial charge in [-0.05, 0) is 30.7 Å². The number of thioether (sulfide) groups is 1. The van der Waals surface area contributed by atoms with Crippen LogP contribution < -0.4 is 10.5 Å². The summed E-state index contributed by atoms with van der Waals surface area (Å²) in [7, 11) is -3.73. The van der Waals surface area contributed by atoms with E-state index in [1.165, 1.54) is 12.1 Å². The van der Waals surface area contributed by atoms with Crippen LogP contribution in [0.2, 0.25) is 0 Å². The number of para-hydroxylation sites is 1. The van der Waals surface area contributed by atoms with Crippen molar-refractivity contribution in [3.05, 3.63) is 24.0 Å². The van der Waals surface area contributed by atoms with Crippen molar-refractivity contribution in [2.75, 3.05) is 18.0 Å². The molecule has 1 aromatic rings. The van der Waals surface area contributed by atoms with Crippen molar-refractivity contribution >= 4 is 27.5 Å². The topological polar surface area (TPSA) is 72.2 Å². The summed E-state index contributed by atoms with van der Waals surface area (Å²) >= 11 is 1.75. The highest BCUT2D eigenvalue weighted by atomic mass is 32.2. The van der Waals surface area contributed by atoms with Gasteiger partial charge >= 0.3 is 0 Å². The van der Waals surface area contributed by atoms with Crippen molar-refractivity contribution < 1.29 is 12.8 Å². The highest BCUT2D eigenvalue weighted by Gasteiger charge is 2.22. The van der Waals surface area contributed by atoms with Gasteiger partial charge in [0.15, 0.2) is 0 Å². The maximum absolute atomic E-state index is 13.2. The van der Waals surface area contributed by atoms with Gasteiger partial charge in [-0.25, -0.2) is 17.5 Å². The summed E-state index contributed by atoms with van der Waals surface area (Å²) in [5, 5.41) is 0.301. The van der Waals surface area contributed by atoms with E-state index >= 15 is 0 Å². The van der Waals surface area contributed by atoms with Gasteiger partial charge in [0.05, 0.1) is 5.69 Å². The fourth-order valence-electron chi connectivity index (χ4n) is 1.84. The molecule has 0 aliphatic carbocycles. The molecule has 1 aliphatic heterocycles. The number of nitrogens with two attached hydrogens (primary N) is 1. The first-order valence-electron chi connectivity index (χ1n) is 5.66. The Morgan fingerprint density at radius 2 is 2.28 bits per heavy atom. The Morgan fingerprint density at radius 3 is 2.94 bits per heavy atom. The summed E-state index contributed by atoms with van der Waals surface area (Å²) in [6, 6.07) is 3.79. The largest absolute Gasteiger partial charge is 0.395 e. The number of nitrogens with one attached hydrogen (secondary N) is 1. The Bertz CT molecular complexity index is 528. The molecule has 0 saturated carbocycles. The summed E-state index contributed by atoms with van der Waals surface area (Å²) in [6.45, 7) is 0.364.